The molecule has 4 nitrogen and oxygen atoms in total. The Labute approximate surface area is 141 Å². The topological polar surface area (TPSA) is 52.6 Å². The Bertz CT molecular complexity index is 372. The molecule has 0 bridgehead atoms. The second-order valence-corrected chi connectivity index (χ2v) is 5.79. The van der Waals surface area contributed by atoms with Gasteiger partial charge in [-0.2, -0.15) is 0 Å². The van der Waals surface area contributed by atoms with Gasteiger partial charge in [-0.3, -0.25) is 0 Å². The summed E-state index contributed by atoms with van der Waals surface area (Å²) >= 11 is 0. The van der Waals surface area contributed by atoms with E-state index >= 15 is 0 Å². The molecule has 0 unspecified atom stereocenters. The summed E-state index contributed by atoms with van der Waals surface area (Å²) in [4.78, 5) is 24.7. The van der Waals surface area contributed by atoms with Gasteiger partial charge in [-0.15, -0.1) is 0 Å². The predicted molar refractivity (Wildman–Crippen MR) is 93.2 cm³/mol. The van der Waals surface area contributed by atoms with Crippen molar-refractivity contribution < 1.29 is 19.1 Å². The molecule has 0 saturated heterocycles. The van der Waals surface area contributed by atoms with Gasteiger partial charge in [-0.1, -0.05) is 53.4 Å². The number of rotatable bonds is 13. The van der Waals surface area contributed by atoms with Crippen molar-refractivity contribution in [2.75, 3.05) is 13.2 Å². The summed E-state index contributed by atoms with van der Waals surface area (Å²) in [5, 5.41) is 0. The van der Waals surface area contributed by atoms with Crippen LogP contribution in [0, 0.1) is 0 Å². The molecule has 4 heteroatoms. The molecule has 0 heterocycles. The molecule has 0 rings (SSSR count). The van der Waals surface area contributed by atoms with Gasteiger partial charge < -0.3 is 9.47 Å². The van der Waals surface area contributed by atoms with Crippen LogP contribution in [-0.2, 0) is 19.1 Å². The van der Waals surface area contributed by atoms with Crippen molar-refractivity contribution >= 4 is 11.9 Å². The van der Waals surface area contributed by atoms with Crippen LogP contribution in [-0.4, -0.2) is 25.2 Å². The number of esters is 2. The standard InChI is InChI=1S/C19H34O4/c1-5-9-10-11-13-17(19(21)23-15-8-4)16(12-6-2)18(20)22-14-7-3/h5-15H2,1-4H3/b17-16-. The van der Waals surface area contributed by atoms with Crippen LogP contribution in [0.15, 0.2) is 11.1 Å². The van der Waals surface area contributed by atoms with Gasteiger partial charge in [-0.05, 0) is 32.1 Å². The van der Waals surface area contributed by atoms with Crippen molar-refractivity contribution in [1.82, 2.24) is 0 Å². The van der Waals surface area contributed by atoms with Crippen molar-refractivity contribution in [2.45, 2.75) is 85.5 Å². The Morgan fingerprint density at radius 2 is 1.13 bits per heavy atom. The predicted octanol–water partition coefficient (Wildman–Crippen LogP) is 4.96. The highest BCUT2D eigenvalue weighted by Crippen LogP contribution is 2.21. The molecule has 0 fully saturated rings. The molecule has 0 aromatic heterocycles. The van der Waals surface area contributed by atoms with Gasteiger partial charge in [0.1, 0.15) is 0 Å². The number of unbranched alkanes of at least 4 members (excludes halogenated alkanes) is 3. The van der Waals surface area contributed by atoms with E-state index in [9.17, 15) is 9.59 Å². The van der Waals surface area contributed by atoms with Gasteiger partial charge in [0.05, 0.1) is 13.2 Å². The maximum absolute atomic E-state index is 12.4. The average Bonchev–Trinajstić information content (AvgIpc) is 2.56. The Balaban J connectivity index is 5.20. The second kappa shape index (κ2) is 14.3. The van der Waals surface area contributed by atoms with Crippen LogP contribution in [0.25, 0.3) is 0 Å². The minimum atomic E-state index is -0.354. The fraction of sp³-hybridized carbons (Fsp3) is 0.789. The molecule has 134 valence electrons. The Kier molecular flexibility index (Phi) is 13.5. The molecular formula is C19H34O4. The van der Waals surface area contributed by atoms with Gasteiger partial charge in [0.25, 0.3) is 0 Å². The highest BCUT2D eigenvalue weighted by molar-refractivity contribution is 6.00. The molecule has 0 spiro atoms. The summed E-state index contributed by atoms with van der Waals surface area (Å²) in [7, 11) is 0. The largest absolute Gasteiger partial charge is 0.462 e. The van der Waals surface area contributed by atoms with E-state index in [0.717, 1.165) is 44.9 Å². The third-order valence-electron chi connectivity index (χ3n) is 3.51. The summed E-state index contributed by atoms with van der Waals surface area (Å²) in [6.45, 7) is 8.84. The summed E-state index contributed by atoms with van der Waals surface area (Å²) in [5.74, 6) is -0.701. The third-order valence-corrected chi connectivity index (χ3v) is 3.51. The van der Waals surface area contributed by atoms with Crippen molar-refractivity contribution in [1.29, 1.82) is 0 Å². The van der Waals surface area contributed by atoms with Crippen molar-refractivity contribution in [3.63, 3.8) is 0 Å². The highest BCUT2D eigenvalue weighted by atomic mass is 16.5. The number of carbonyl (C=O) groups excluding carboxylic acids is 2. The molecule has 0 N–H and O–H groups in total. The number of hydrogen-bond acceptors (Lipinski definition) is 4. The number of carbonyl (C=O) groups is 2. The lowest BCUT2D eigenvalue weighted by Crippen LogP contribution is -2.17. The van der Waals surface area contributed by atoms with Crippen molar-refractivity contribution in [3.05, 3.63) is 11.1 Å². The van der Waals surface area contributed by atoms with Crippen LogP contribution >= 0.6 is 0 Å². The average molecular weight is 326 g/mol. The van der Waals surface area contributed by atoms with Gasteiger partial charge in [0.2, 0.25) is 0 Å². The second-order valence-electron chi connectivity index (χ2n) is 5.79. The van der Waals surface area contributed by atoms with Gasteiger partial charge in [0.15, 0.2) is 0 Å². The summed E-state index contributed by atoms with van der Waals surface area (Å²) in [6.07, 6.45) is 7.75. The Hall–Kier alpha value is -1.32. The molecule has 0 amide bonds. The fourth-order valence-corrected chi connectivity index (χ4v) is 2.29. The van der Waals surface area contributed by atoms with Gasteiger partial charge >= 0.3 is 11.9 Å². The SMILES string of the molecule is CCCCCC/C(C(=O)OCCC)=C(\CCC)C(=O)OCCC. The number of hydrogen-bond donors (Lipinski definition) is 0. The highest BCUT2D eigenvalue weighted by Gasteiger charge is 2.22. The Morgan fingerprint density at radius 3 is 1.57 bits per heavy atom. The maximum atomic E-state index is 12.4. The summed E-state index contributed by atoms with van der Waals surface area (Å²) in [6, 6.07) is 0. The minimum absolute atomic E-state index is 0.347. The van der Waals surface area contributed by atoms with Crippen LogP contribution in [0.4, 0.5) is 0 Å². The van der Waals surface area contributed by atoms with Crippen LogP contribution in [0.2, 0.25) is 0 Å². The van der Waals surface area contributed by atoms with Crippen LogP contribution in [0.3, 0.4) is 0 Å². The first-order valence-electron chi connectivity index (χ1n) is 9.18. The normalized spacial score (nSPS) is 11.8. The first-order valence-corrected chi connectivity index (χ1v) is 9.18. The molecule has 0 aliphatic carbocycles. The first-order chi connectivity index (χ1) is 11.1. The molecule has 0 aliphatic rings. The third kappa shape index (κ3) is 9.42. The van der Waals surface area contributed by atoms with Crippen molar-refractivity contribution in [3.8, 4) is 0 Å². The molecule has 23 heavy (non-hydrogen) atoms. The zero-order valence-corrected chi connectivity index (χ0v) is 15.4. The van der Waals surface area contributed by atoms with Crippen LogP contribution in [0.1, 0.15) is 85.5 Å². The van der Waals surface area contributed by atoms with E-state index in [0.29, 0.717) is 37.2 Å². The molecule has 0 saturated carbocycles. The zero-order valence-electron chi connectivity index (χ0n) is 15.4. The van der Waals surface area contributed by atoms with Crippen molar-refractivity contribution in [2.24, 2.45) is 0 Å². The first kappa shape index (κ1) is 21.7. The fourth-order valence-electron chi connectivity index (χ4n) is 2.29. The smallest absolute Gasteiger partial charge is 0.334 e. The molecule has 0 radical (unpaired) electrons. The lowest BCUT2D eigenvalue weighted by Gasteiger charge is -2.14. The quantitative estimate of drug-likeness (QED) is 0.273. The van der Waals surface area contributed by atoms with Gasteiger partial charge in [0, 0.05) is 11.1 Å². The van der Waals surface area contributed by atoms with Gasteiger partial charge in [-0.25, -0.2) is 9.59 Å². The maximum Gasteiger partial charge on any atom is 0.334 e. The molecule has 0 atom stereocenters. The summed E-state index contributed by atoms with van der Waals surface area (Å²) in [5.41, 5.74) is 1.04. The zero-order chi connectivity index (χ0) is 17.5. The van der Waals surface area contributed by atoms with E-state index < -0.39 is 0 Å². The van der Waals surface area contributed by atoms with E-state index in [1.54, 1.807) is 0 Å². The molecular weight excluding hydrogens is 292 g/mol. The van der Waals surface area contributed by atoms with E-state index in [1.165, 1.54) is 0 Å². The number of ether oxygens (including phenoxy) is 2. The van der Waals surface area contributed by atoms with E-state index in [2.05, 4.69) is 6.92 Å². The van der Waals surface area contributed by atoms with E-state index in [-0.39, 0.29) is 11.9 Å². The minimum Gasteiger partial charge on any atom is -0.462 e. The molecule has 0 aliphatic heterocycles. The summed E-state index contributed by atoms with van der Waals surface area (Å²) < 4.78 is 10.6. The Morgan fingerprint density at radius 1 is 0.609 bits per heavy atom. The van der Waals surface area contributed by atoms with E-state index in [4.69, 9.17) is 9.47 Å². The lowest BCUT2D eigenvalue weighted by atomic mass is 9.98. The van der Waals surface area contributed by atoms with E-state index in [1.807, 2.05) is 20.8 Å². The lowest BCUT2D eigenvalue weighted by molar-refractivity contribution is -0.142. The molecule has 0 aromatic rings. The van der Waals surface area contributed by atoms with Crippen LogP contribution < -0.4 is 0 Å². The van der Waals surface area contributed by atoms with Crippen LogP contribution in [0.5, 0.6) is 0 Å². The molecule has 0 aromatic carbocycles. The monoisotopic (exact) mass is 326 g/mol.